The monoisotopic (exact) mass is 388 g/mol. The quantitative estimate of drug-likeness (QED) is 0.515. The molecule has 26 heavy (non-hydrogen) atoms. The molecule has 0 amide bonds. The summed E-state index contributed by atoms with van der Waals surface area (Å²) in [4.78, 5) is 2.31. The zero-order valence-electron chi connectivity index (χ0n) is 14.7. The Morgan fingerprint density at radius 3 is 2.54 bits per heavy atom. The summed E-state index contributed by atoms with van der Waals surface area (Å²) in [7, 11) is 2.13. The van der Waals surface area contributed by atoms with Gasteiger partial charge in [-0.3, -0.25) is 0 Å². The van der Waals surface area contributed by atoms with Gasteiger partial charge in [0.05, 0.1) is 15.6 Å². The zero-order valence-corrected chi connectivity index (χ0v) is 16.2. The summed E-state index contributed by atoms with van der Waals surface area (Å²) >= 11 is 12.6. The Labute approximate surface area is 162 Å². The molecular weight excluding hydrogens is 370 g/mol. The highest BCUT2D eigenvalue weighted by Crippen LogP contribution is 2.36. The first kappa shape index (κ1) is 17.6. The third-order valence-corrected chi connectivity index (χ3v) is 5.77. The summed E-state index contributed by atoms with van der Waals surface area (Å²) in [5.41, 5.74) is 5.71. The van der Waals surface area contributed by atoms with E-state index in [-0.39, 0.29) is 5.82 Å². The highest BCUT2D eigenvalue weighted by molar-refractivity contribution is 6.42. The van der Waals surface area contributed by atoms with Crippen LogP contribution in [0.5, 0.6) is 0 Å². The van der Waals surface area contributed by atoms with E-state index >= 15 is 0 Å². The van der Waals surface area contributed by atoms with Crippen molar-refractivity contribution in [3.8, 4) is 0 Å². The van der Waals surface area contributed by atoms with Crippen molar-refractivity contribution < 1.29 is 4.39 Å². The van der Waals surface area contributed by atoms with Gasteiger partial charge in [0.2, 0.25) is 0 Å². The van der Waals surface area contributed by atoms with Crippen LogP contribution in [-0.4, -0.2) is 23.1 Å². The molecular formula is C21H19Cl2FN2. The van der Waals surface area contributed by atoms with Gasteiger partial charge in [-0.15, -0.1) is 0 Å². The number of nitrogens with zero attached hydrogens (tertiary/aromatic N) is 2. The number of likely N-dealkylation sites (N-methyl/N-ethyl adjacent to an activating group) is 1. The summed E-state index contributed by atoms with van der Waals surface area (Å²) in [6, 6.07) is 10.5. The summed E-state index contributed by atoms with van der Waals surface area (Å²) in [6.45, 7) is 3.94. The lowest BCUT2D eigenvalue weighted by Crippen LogP contribution is -2.26. The molecule has 4 rings (SSSR count). The van der Waals surface area contributed by atoms with Crippen LogP contribution in [0.15, 0.2) is 36.4 Å². The van der Waals surface area contributed by atoms with E-state index in [1.807, 2.05) is 19.1 Å². The molecule has 0 bridgehead atoms. The van der Waals surface area contributed by atoms with Gasteiger partial charge in [-0.25, -0.2) is 4.39 Å². The van der Waals surface area contributed by atoms with E-state index in [4.69, 9.17) is 23.2 Å². The molecule has 0 fully saturated rings. The third kappa shape index (κ3) is 3.05. The minimum absolute atomic E-state index is 0.227. The van der Waals surface area contributed by atoms with Gasteiger partial charge in [-0.05, 0) is 54.9 Å². The highest BCUT2D eigenvalue weighted by atomic mass is 35.5. The van der Waals surface area contributed by atoms with E-state index < -0.39 is 0 Å². The molecule has 3 aromatic rings. The van der Waals surface area contributed by atoms with Gasteiger partial charge in [0.1, 0.15) is 5.82 Å². The molecule has 0 saturated carbocycles. The highest BCUT2D eigenvalue weighted by Gasteiger charge is 2.22. The van der Waals surface area contributed by atoms with Crippen molar-refractivity contribution in [2.75, 3.05) is 13.6 Å². The van der Waals surface area contributed by atoms with Crippen molar-refractivity contribution in [2.24, 2.45) is 0 Å². The number of hydrogen-bond donors (Lipinski definition) is 0. The SMILES string of the molecule is CC(=Cn1c2c(c3cc(Cl)c(Cl)cc31)CN(C)CC2)c1ccc(F)cc1. The van der Waals surface area contributed by atoms with Crippen LogP contribution in [0.3, 0.4) is 0 Å². The molecule has 1 aromatic heterocycles. The minimum atomic E-state index is -0.227. The molecule has 2 nitrogen and oxygen atoms in total. The predicted octanol–water partition coefficient (Wildman–Crippen LogP) is 6.09. The Morgan fingerprint density at radius 2 is 1.81 bits per heavy atom. The molecule has 1 aliphatic heterocycles. The first-order valence-corrected chi connectivity index (χ1v) is 9.33. The van der Waals surface area contributed by atoms with E-state index in [0.29, 0.717) is 10.0 Å². The average molecular weight is 389 g/mol. The molecule has 0 unspecified atom stereocenters. The molecule has 0 aliphatic carbocycles. The topological polar surface area (TPSA) is 8.17 Å². The van der Waals surface area contributed by atoms with Gasteiger partial charge < -0.3 is 9.47 Å². The predicted molar refractivity (Wildman–Crippen MR) is 108 cm³/mol. The summed E-state index contributed by atoms with van der Waals surface area (Å²) in [5.74, 6) is -0.227. The van der Waals surface area contributed by atoms with E-state index in [1.165, 1.54) is 23.4 Å². The number of fused-ring (bicyclic) bond motifs is 3. The van der Waals surface area contributed by atoms with Crippen molar-refractivity contribution in [1.29, 1.82) is 0 Å². The Kier molecular flexibility index (Phi) is 4.55. The normalized spacial score (nSPS) is 15.5. The molecule has 0 N–H and O–H groups in total. The van der Waals surface area contributed by atoms with E-state index in [9.17, 15) is 4.39 Å². The maximum Gasteiger partial charge on any atom is 0.123 e. The molecule has 0 saturated heterocycles. The van der Waals surface area contributed by atoms with Crippen LogP contribution in [0.2, 0.25) is 10.0 Å². The van der Waals surface area contributed by atoms with Crippen LogP contribution in [0.25, 0.3) is 22.7 Å². The lowest BCUT2D eigenvalue weighted by molar-refractivity contribution is 0.312. The number of allylic oxidation sites excluding steroid dienone is 1. The molecule has 134 valence electrons. The van der Waals surface area contributed by atoms with E-state index in [1.54, 1.807) is 12.1 Å². The number of halogens is 3. The first-order chi connectivity index (χ1) is 12.4. The van der Waals surface area contributed by atoms with Crippen LogP contribution >= 0.6 is 23.2 Å². The lowest BCUT2D eigenvalue weighted by Gasteiger charge is -2.23. The first-order valence-electron chi connectivity index (χ1n) is 8.57. The van der Waals surface area contributed by atoms with Crippen molar-refractivity contribution in [3.63, 3.8) is 0 Å². The van der Waals surface area contributed by atoms with Crippen LogP contribution in [-0.2, 0) is 13.0 Å². The fourth-order valence-electron chi connectivity index (χ4n) is 3.65. The fourth-order valence-corrected chi connectivity index (χ4v) is 3.97. The van der Waals surface area contributed by atoms with Crippen molar-refractivity contribution in [1.82, 2.24) is 9.47 Å². The van der Waals surface area contributed by atoms with Crippen LogP contribution in [0.4, 0.5) is 4.39 Å². The average Bonchev–Trinajstić information content (AvgIpc) is 2.88. The van der Waals surface area contributed by atoms with Gasteiger partial charge in [0.15, 0.2) is 0 Å². The van der Waals surface area contributed by atoms with Gasteiger partial charge in [0, 0.05) is 36.8 Å². The zero-order chi connectivity index (χ0) is 18.4. The van der Waals surface area contributed by atoms with Crippen molar-refractivity contribution in [2.45, 2.75) is 19.9 Å². The minimum Gasteiger partial charge on any atom is -0.320 e. The second-order valence-corrected chi connectivity index (χ2v) is 7.70. The molecule has 2 heterocycles. The summed E-state index contributed by atoms with van der Waals surface area (Å²) < 4.78 is 15.4. The lowest BCUT2D eigenvalue weighted by atomic mass is 10.0. The molecule has 0 radical (unpaired) electrons. The fraction of sp³-hybridized carbons (Fsp3) is 0.238. The molecule has 0 spiro atoms. The van der Waals surface area contributed by atoms with Crippen LogP contribution in [0.1, 0.15) is 23.7 Å². The Bertz CT molecular complexity index is 1020. The standard InChI is InChI=1S/C21H19Cl2FN2/c1-13(14-3-5-15(24)6-4-14)11-26-20-7-8-25(2)12-17(20)16-9-18(22)19(23)10-21(16)26/h3-6,9-11H,7-8,12H2,1-2H3. The molecule has 0 atom stereocenters. The molecule has 2 aromatic carbocycles. The number of benzene rings is 2. The number of hydrogen-bond acceptors (Lipinski definition) is 1. The van der Waals surface area contributed by atoms with Crippen molar-refractivity contribution in [3.05, 3.63) is 69.1 Å². The molecule has 5 heteroatoms. The number of rotatable bonds is 2. The largest absolute Gasteiger partial charge is 0.320 e. The smallest absolute Gasteiger partial charge is 0.123 e. The van der Waals surface area contributed by atoms with Crippen molar-refractivity contribution >= 4 is 45.9 Å². The van der Waals surface area contributed by atoms with E-state index in [2.05, 4.69) is 22.7 Å². The maximum atomic E-state index is 13.2. The number of aromatic nitrogens is 1. The van der Waals surface area contributed by atoms with Gasteiger partial charge in [-0.2, -0.15) is 0 Å². The van der Waals surface area contributed by atoms with Gasteiger partial charge >= 0.3 is 0 Å². The second-order valence-electron chi connectivity index (χ2n) is 6.89. The van der Waals surface area contributed by atoms with Crippen LogP contribution < -0.4 is 0 Å². The van der Waals surface area contributed by atoms with E-state index in [0.717, 1.165) is 41.5 Å². The maximum absolute atomic E-state index is 13.2. The molecule has 1 aliphatic rings. The third-order valence-electron chi connectivity index (χ3n) is 5.04. The Balaban J connectivity index is 1.93. The van der Waals surface area contributed by atoms with Gasteiger partial charge in [-0.1, -0.05) is 35.3 Å². The summed E-state index contributed by atoms with van der Waals surface area (Å²) in [5, 5.41) is 2.27. The summed E-state index contributed by atoms with van der Waals surface area (Å²) in [6.07, 6.45) is 3.08. The Hall–Kier alpha value is -1.81. The second kappa shape index (κ2) is 6.73. The van der Waals surface area contributed by atoms with Crippen LogP contribution in [0, 0.1) is 5.82 Å². The Morgan fingerprint density at radius 1 is 1.12 bits per heavy atom. The van der Waals surface area contributed by atoms with Gasteiger partial charge in [0.25, 0.3) is 0 Å².